The third-order valence-corrected chi connectivity index (χ3v) is 3.39. The third-order valence-electron chi connectivity index (χ3n) is 3.39. The fourth-order valence-electron chi connectivity index (χ4n) is 2.06. The van der Waals surface area contributed by atoms with Crippen molar-refractivity contribution >= 4 is 0 Å². The zero-order valence-electron chi connectivity index (χ0n) is 12.2. The number of nitrogens with two attached hydrogens (primary N) is 1. The van der Waals surface area contributed by atoms with Gasteiger partial charge in [-0.05, 0) is 49.1 Å². The highest BCUT2D eigenvalue weighted by molar-refractivity contribution is 5.39. The Balaban J connectivity index is 2.27. The number of hydrogen-bond acceptors (Lipinski definition) is 2. The summed E-state index contributed by atoms with van der Waals surface area (Å²) in [5.74, 6) is -1.36. The van der Waals surface area contributed by atoms with E-state index in [9.17, 15) is 8.78 Å². The molecule has 21 heavy (non-hydrogen) atoms. The third kappa shape index (κ3) is 3.79. The number of benzene rings is 2. The van der Waals surface area contributed by atoms with Crippen molar-refractivity contribution in [2.24, 2.45) is 5.73 Å². The number of rotatable bonds is 5. The highest BCUT2D eigenvalue weighted by Crippen LogP contribution is 2.30. The topological polar surface area (TPSA) is 35.2 Å². The molecule has 0 aliphatic rings. The summed E-state index contributed by atoms with van der Waals surface area (Å²) in [7, 11) is 0. The monoisotopic (exact) mass is 291 g/mol. The molecule has 4 heteroatoms. The van der Waals surface area contributed by atoms with Crippen LogP contribution in [0, 0.1) is 18.6 Å². The first-order chi connectivity index (χ1) is 10.0. The molecule has 0 spiro atoms. The van der Waals surface area contributed by atoms with Gasteiger partial charge >= 0.3 is 0 Å². The van der Waals surface area contributed by atoms with E-state index in [1.807, 2.05) is 26.0 Å². The van der Waals surface area contributed by atoms with E-state index < -0.39 is 11.6 Å². The first-order valence-electron chi connectivity index (χ1n) is 6.98. The summed E-state index contributed by atoms with van der Waals surface area (Å²) in [6, 6.07) is 9.55. The molecule has 0 aliphatic heterocycles. The van der Waals surface area contributed by atoms with Crippen LogP contribution >= 0.6 is 0 Å². The van der Waals surface area contributed by atoms with Gasteiger partial charge in [0, 0.05) is 6.04 Å². The molecule has 2 aromatic rings. The van der Waals surface area contributed by atoms with Crippen molar-refractivity contribution in [2.75, 3.05) is 0 Å². The molecule has 2 nitrogen and oxygen atoms in total. The van der Waals surface area contributed by atoms with Gasteiger partial charge in [-0.3, -0.25) is 0 Å². The van der Waals surface area contributed by atoms with Crippen LogP contribution < -0.4 is 10.5 Å². The number of para-hydroxylation sites is 1. The van der Waals surface area contributed by atoms with Crippen LogP contribution in [-0.4, -0.2) is 6.04 Å². The lowest BCUT2D eigenvalue weighted by Crippen LogP contribution is -2.21. The molecule has 0 amide bonds. The van der Waals surface area contributed by atoms with Crippen molar-refractivity contribution in [3.05, 3.63) is 59.2 Å². The Labute approximate surface area is 123 Å². The SMILES string of the molecule is CCC(N)Cc1cc(F)c(Oc2ccccc2C)c(F)c1. The Morgan fingerprint density at radius 3 is 2.33 bits per heavy atom. The van der Waals surface area contributed by atoms with Gasteiger partial charge in [0.2, 0.25) is 0 Å². The minimum Gasteiger partial charge on any atom is -0.451 e. The Hall–Kier alpha value is -1.94. The van der Waals surface area contributed by atoms with Crippen molar-refractivity contribution in [1.82, 2.24) is 0 Å². The molecule has 0 aromatic heterocycles. The molecule has 2 N–H and O–H groups in total. The van der Waals surface area contributed by atoms with Crippen molar-refractivity contribution in [3.8, 4) is 11.5 Å². The summed E-state index contributed by atoms with van der Waals surface area (Å²) in [6.45, 7) is 3.76. The largest absolute Gasteiger partial charge is 0.451 e. The summed E-state index contributed by atoms with van der Waals surface area (Å²) in [6.07, 6.45) is 1.19. The first kappa shape index (κ1) is 15.4. The molecular formula is C17H19F2NO. The molecule has 0 fully saturated rings. The Kier molecular flexibility index (Phi) is 4.91. The van der Waals surface area contributed by atoms with E-state index in [1.54, 1.807) is 12.1 Å². The van der Waals surface area contributed by atoms with Crippen LogP contribution in [0.2, 0.25) is 0 Å². The van der Waals surface area contributed by atoms with Crippen molar-refractivity contribution in [2.45, 2.75) is 32.7 Å². The zero-order valence-corrected chi connectivity index (χ0v) is 12.2. The molecule has 0 saturated carbocycles. The summed E-state index contributed by atoms with van der Waals surface area (Å²) < 4.78 is 33.5. The minimum absolute atomic E-state index is 0.105. The molecule has 0 aliphatic carbocycles. The molecule has 0 bridgehead atoms. The van der Waals surface area contributed by atoms with Crippen LogP contribution in [0.1, 0.15) is 24.5 Å². The van der Waals surface area contributed by atoms with E-state index in [4.69, 9.17) is 10.5 Å². The van der Waals surface area contributed by atoms with E-state index in [0.717, 1.165) is 12.0 Å². The summed E-state index contributed by atoms with van der Waals surface area (Å²) in [5, 5.41) is 0. The van der Waals surface area contributed by atoms with Gasteiger partial charge in [0.25, 0.3) is 0 Å². The van der Waals surface area contributed by atoms with E-state index in [-0.39, 0.29) is 11.8 Å². The number of halogens is 2. The fourth-order valence-corrected chi connectivity index (χ4v) is 2.06. The lowest BCUT2D eigenvalue weighted by Gasteiger charge is -2.13. The molecule has 0 heterocycles. The van der Waals surface area contributed by atoms with Gasteiger partial charge in [0.05, 0.1) is 0 Å². The maximum Gasteiger partial charge on any atom is 0.198 e. The standard InChI is InChI=1S/C17H19F2NO/c1-3-13(20)8-12-9-14(18)17(15(19)10-12)21-16-7-5-4-6-11(16)2/h4-7,9-10,13H,3,8,20H2,1-2H3. The molecule has 112 valence electrons. The van der Waals surface area contributed by atoms with Crippen molar-refractivity contribution in [1.29, 1.82) is 0 Å². The van der Waals surface area contributed by atoms with Gasteiger partial charge in [0.15, 0.2) is 17.4 Å². The second-order valence-corrected chi connectivity index (χ2v) is 5.13. The van der Waals surface area contributed by atoms with Crippen LogP contribution in [0.15, 0.2) is 36.4 Å². The zero-order chi connectivity index (χ0) is 15.4. The van der Waals surface area contributed by atoms with Gasteiger partial charge in [-0.1, -0.05) is 25.1 Å². The highest BCUT2D eigenvalue weighted by atomic mass is 19.1. The van der Waals surface area contributed by atoms with Crippen LogP contribution in [0.3, 0.4) is 0 Å². The average molecular weight is 291 g/mol. The molecule has 0 saturated heterocycles. The Bertz CT molecular complexity index is 605. The van der Waals surface area contributed by atoms with Crippen LogP contribution in [0.5, 0.6) is 11.5 Å². The molecule has 0 radical (unpaired) electrons. The minimum atomic E-state index is -0.712. The fraction of sp³-hybridized carbons (Fsp3) is 0.294. The maximum absolute atomic E-state index is 14.1. The van der Waals surface area contributed by atoms with Gasteiger partial charge in [-0.15, -0.1) is 0 Å². The summed E-state index contributed by atoms with van der Waals surface area (Å²) in [4.78, 5) is 0. The molecule has 2 rings (SSSR count). The van der Waals surface area contributed by atoms with Crippen LogP contribution in [0.25, 0.3) is 0 Å². The van der Waals surface area contributed by atoms with Gasteiger partial charge in [0.1, 0.15) is 5.75 Å². The maximum atomic E-state index is 14.1. The number of ether oxygens (including phenoxy) is 1. The average Bonchev–Trinajstić information content (AvgIpc) is 2.44. The number of aryl methyl sites for hydroxylation is 1. The normalized spacial score (nSPS) is 12.2. The van der Waals surface area contributed by atoms with Crippen molar-refractivity contribution < 1.29 is 13.5 Å². The number of hydrogen-bond donors (Lipinski definition) is 1. The predicted octanol–water partition coefficient (Wildman–Crippen LogP) is 4.35. The summed E-state index contributed by atoms with van der Waals surface area (Å²) in [5.41, 5.74) is 7.16. The lowest BCUT2D eigenvalue weighted by atomic mass is 10.0. The summed E-state index contributed by atoms with van der Waals surface area (Å²) >= 11 is 0. The van der Waals surface area contributed by atoms with Gasteiger partial charge in [-0.25, -0.2) is 8.78 Å². The first-order valence-corrected chi connectivity index (χ1v) is 6.98. The van der Waals surface area contributed by atoms with Gasteiger partial charge < -0.3 is 10.5 Å². The van der Waals surface area contributed by atoms with E-state index in [1.165, 1.54) is 12.1 Å². The lowest BCUT2D eigenvalue weighted by molar-refractivity contribution is 0.404. The van der Waals surface area contributed by atoms with Crippen LogP contribution in [-0.2, 0) is 6.42 Å². The predicted molar refractivity (Wildman–Crippen MR) is 79.6 cm³/mol. The molecule has 2 aromatic carbocycles. The van der Waals surface area contributed by atoms with Gasteiger partial charge in [-0.2, -0.15) is 0 Å². The van der Waals surface area contributed by atoms with Crippen molar-refractivity contribution in [3.63, 3.8) is 0 Å². The van der Waals surface area contributed by atoms with E-state index in [2.05, 4.69) is 0 Å². The molecule has 1 atom stereocenters. The Morgan fingerprint density at radius 1 is 1.14 bits per heavy atom. The Morgan fingerprint density at radius 2 is 1.76 bits per heavy atom. The van der Waals surface area contributed by atoms with E-state index >= 15 is 0 Å². The second-order valence-electron chi connectivity index (χ2n) is 5.13. The van der Waals surface area contributed by atoms with E-state index in [0.29, 0.717) is 17.7 Å². The highest BCUT2D eigenvalue weighted by Gasteiger charge is 2.15. The molecular weight excluding hydrogens is 272 g/mol. The molecule has 1 unspecified atom stereocenters. The second kappa shape index (κ2) is 6.68. The quantitative estimate of drug-likeness (QED) is 0.889. The smallest absolute Gasteiger partial charge is 0.198 e. The van der Waals surface area contributed by atoms with Crippen LogP contribution in [0.4, 0.5) is 8.78 Å².